The van der Waals surface area contributed by atoms with Gasteiger partial charge in [0, 0.05) is 51.3 Å². The SMILES string of the molecule is CN=C(NCC(C)c1c(C)noc1C)N1CCN(S(=O)(=O)CCOC(C)C)CC1. The van der Waals surface area contributed by atoms with E-state index in [0.717, 1.165) is 23.0 Å². The molecule has 29 heavy (non-hydrogen) atoms. The summed E-state index contributed by atoms with van der Waals surface area (Å²) in [5, 5.41) is 7.42. The monoisotopic (exact) mass is 429 g/mol. The first-order valence-corrected chi connectivity index (χ1v) is 11.7. The molecule has 1 aliphatic rings. The molecule has 166 valence electrons. The van der Waals surface area contributed by atoms with Gasteiger partial charge >= 0.3 is 0 Å². The number of sulfonamides is 1. The number of guanidine groups is 1. The van der Waals surface area contributed by atoms with Crippen molar-refractivity contribution < 1.29 is 17.7 Å². The van der Waals surface area contributed by atoms with E-state index >= 15 is 0 Å². The van der Waals surface area contributed by atoms with Crippen molar-refractivity contribution in [3.8, 4) is 0 Å². The fourth-order valence-electron chi connectivity index (χ4n) is 3.57. The van der Waals surface area contributed by atoms with Crippen molar-refractivity contribution in [2.24, 2.45) is 4.99 Å². The molecule has 1 fully saturated rings. The number of rotatable bonds is 8. The maximum atomic E-state index is 12.5. The van der Waals surface area contributed by atoms with Gasteiger partial charge in [-0.3, -0.25) is 4.99 Å². The van der Waals surface area contributed by atoms with Gasteiger partial charge in [0.25, 0.3) is 0 Å². The van der Waals surface area contributed by atoms with E-state index in [2.05, 4.69) is 27.3 Å². The Hall–Kier alpha value is -1.65. The molecule has 1 aliphatic heterocycles. The van der Waals surface area contributed by atoms with Crippen LogP contribution in [0.1, 0.15) is 43.7 Å². The lowest BCUT2D eigenvalue weighted by molar-refractivity contribution is 0.0904. The second-order valence-corrected chi connectivity index (χ2v) is 9.78. The van der Waals surface area contributed by atoms with E-state index in [9.17, 15) is 8.42 Å². The van der Waals surface area contributed by atoms with Crippen LogP contribution >= 0.6 is 0 Å². The fraction of sp³-hybridized carbons (Fsp3) is 0.789. The zero-order valence-electron chi connectivity index (χ0n) is 18.4. The molecule has 0 radical (unpaired) electrons. The van der Waals surface area contributed by atoms with Crippen molar-refractivity contribution in [2.75, 3.05) is 52.1 Å². The molecule has 0 spiro atoms. The number of hydrogen-bond donors (Lipinski definition) is 1. The summed E-state index contributed by atoms with van der Waals surface area (Å²) in [6, 6.07) is 0. The second-order valence-electron chi connectivity index (χ2n) is 7.69. The lowest BCUT2D eigenvalue weighted by atomic mass is 10.00. The van der Waals surface area contributed by atoms with Crippen LogP contribution in [0.4, 0.5) is 0 Å². The van der Waals surface area contributed by atoms with E-state index in [1.54, 1.807) is 11.4 Å². The van der Waals surface area contributed by atoms with E-state index in [1.165, 1.54) is 0 Å². The molecule has 0 aliphatic carbocycles. The van der Waals surface area contributed by atoms with Crippen molar-refractivity contribution in [1.29, 1.82) is 0 Å². The average Bonchev–Trinajstić information content (AvgIpc) is 3.00. The van der Waals surface area contributed by atoms with Gasteiger partial charge in [-0.05, 0) is 27.7 Å². The highest BCUT2D eigenvalue weighted by Crippen LogP contribution is 2.22. The summed E-state index contributed by atoms with van der Waals surface area (Å²) in [5.74, 6) is 1.86. The summed E-state index contributed by atoms with van der Waals surface area (Å²) in [4.78, 5) is 6.46. The molecule has 2 rings (SSSR count). The lowest BCUT2D eigenvalue weighted by Gasteiger charge is -2.36. The number of nitrogens with zero attached hydrogens (tertiary/aromatic N) is 4. The smallest absolute Gasteiger partial charge is 0.216 e. The highest BCUT2D eigenvalue weighted by Gasteiger charge is 2.28. The van der Waals surface area contributed by atoms with Crippen LogP contribution in [0, 0.1) is 13.8 Å². The topological polar surface area (TPSA) is 100 Å². The van der Waals surface area contributed by atoms with Gasteiger partial charge in [0.1, 0.15) is 5.76 Å². The fourth-order valence-corrected chi connectivity index (χ4v) is 4.85. The van der Waals surface area contributed by atoms with Crippen molar-refractivity contribution in [3.05, 3.63) is 17.0 Å². The number of aromatic nitrogens is 1. The Morgan fingerprint density at radius 3 is 2.41 bits per heavy atom. The average molecular weight is 430 g/mol. The van der Waals surface area contributed by atoms with E-state index in [-0.39, 0.29) is 24.4 Å². The molecule has 0 aromatic carbocycles. The molecule has 1 aromatic rings. The maximum absolute atomic E-state index is 12.5. The lowest BCUT2D eigenvalue weighted by Crippen LogP contribution is -2.54. The van der Waals surface area contributed by atoms with Gasteiger partial charge < -0.3 is 19.5 Å². The molecule has 1 saturated heterocycles. The molecular weight excluding hydrogens is 394 g/mol. The Labute approximate surface area is 174 Å². The first-order chi connectivity index (χ1) is 13.7. The highest BCUT2D eigenvalue weighted by molar-refractivity contribution is 7.89. The molecule has 1 N–H and O–H groups in total. The third-order valence-corrected chi connectivity index (χ3v) is 6.92. The minimum atomic E-state index is -3.30. The van der Waals surface area contributed by atoms with E-state index in [1.807, 2.05) is 27.7 Å². The number of aryl methyl sites for hydroxylation is 2. The number of nitrogens with one attached hydrogen (secondary N) is 1. The zero-order chi connectivity index (χ0) is 21.6. The Morgan fingerprint density at radius 2 is 1.90 bits per heavy atom. The van der Waals surface area contributed by atoms with E-state index in [4.69, 9.17) is 9.26 Å². The van der Waals surface area contributed by atoms with Crippen molar-refractivity contribution in [3.63, 3.8) is 0 Å². The van der Waals surface area contributed by atoms with Gasteiger partial charge in [0.2, 0.25) is 10.0 Å². The third kappa shape index (κ3) is 6.42. The van der Waals surface area contributed by atoms with E-state index in [0.29, 0.717) is 32.7 Å². The molecule has 0 amide bonds. The Kier molecular flexibility index (Phi) is 8.47. The first kappa shape index (κ1) is 23.6. The van der Waals surface area contributed by atoms with Crippen LogP contribution in [0.3, 0.4) is 0 Å². The van der Waals surface area contributed by atoms with Gasteiger partial charge in [-0.2, -0.15) is 4.31 Å². The van der Waals surface area contributed by atoms with Gasteiger partial charge in [-0.15, -0.1) is 0 Å². The summed E-state index contributed by atoms with van der Waals surface area (Å²) >= 11 is 0. The molecule has 1 atom stereocenters. The van der Waals surface area contributed by atoms with Crippen LogP contribution in [0.15, 0.2) is 9.52 Å². The Bertz CT molecular complexity index is 763. The molecule has 0 bridgehead atoms. The van der Waals surface area contributed by atoms with Crippen LogP contribution < -0.4 is 5.32 Å². The van der Waals surface area contributed by atoms with Crippen molar-refractivity contribution >= 4 is 16.0 Å². The first-order valence-electron chi connectivity index (χ1n) is 10.1. The molecule has 10 heteroatoms. The molecule has 0 saturated carbocycles. The number of piperazine rings is 1. The minimum absolute atomic E-state index is 0.0209. The quantitative estimate of drug-likeness (QED) is 0.492. The summed E-state index contributed by atoms with van der Waals surface area (Å²) in [5.41, 5.74) is 2.03. The van der Waals surface area contributed by atoms with Crippen LogP contribution in [0.2, 0.25) is 0 Å². The maximum Gasteiger partial charge on any atom is 0.216 e. The summed E-state index contributed by atoms with van der Waals surface area (Å²) < 4.78 is 37.2. The number of hydrogen-bond acceptors (Lipinski definition) is 6. The van der Waals surface area contributed by atoms with Crippen molar-refractivity contribution in [1.82, 2.24) is 19.7 Å². The standard InChI is InChI=1S/C19H35N5O4S/c1-14(2)27-11-12-29(25,26)24-9-7-23(8-10-24)19(20-6)21-13-15(3)18-16(4)22-28-17(18)5/h14-15H,7-13H2,1-6H3,(H,20,21). The Balaban J connectivity index is 1.85. The number of ether oxygens (including phenoxy) is 1. The normalized spacial score (nSPS) is 17.8. The summed E-state index contributed by atoms with van der Waals surface area (Å²) in [6.07, 6.45) is 0.0317. The van der Waals surface area contributed by atoms with Gasteiger partial charge in [-0.1, -0.05) is 12.1 Å². The molecule has 1 aromatic heterocycles. The van der Waals surface area contributed by atoms with E-state index < -0.39 is 10.0 Å². The zero-order valence-corrected chi connectivity index (χ0v) is 19.3. The van der Waals surface area contributed by atoms with Crippen LogP contribution in [0.25, 0.3) is 0 Å². The molecule has 9 nitrogen and oxygen atoms in total. The van der Waals surface area contributed by atoms with Crippen LogP contribution in [-0.4, -0.2) is 87.0 Å². The third-order valence-electron chi connectivity index (χ3n) is 5.08. The predicted octanol–water partition coefficient (Wildman–Crippen LogP) is 1.34. The minimum Gasteiger partial charge on any atom is -0.378 e. The molecule has 1 unspecified atom stereocenters. The molecular formula is C19H35N5O4S. The molecule has 2 heterocycles. The predicted molar refractivity (Wildman–Crippen MR) is 114 cm³/mol. The number of aliphatic imine (C=N–C) groups is 1. The van der Waals surface area contributed by atoms with Crippen LogP contribution in [0.5, 0.6) is 0 Å². The second kappa shape index (κ2) is 10.4. The van der Waals surface area contributed by atoms with Gasteiger partial charge in [0.15, 0.2) is 5.96 Å². The largest absolute Gasteiger partial charge is 0.378 e. The summed E-state index contributed by atoms with van der Waals surface area (Å²) in [6.45, 7) is 12.8. The van der Waals surface area contributed by atoms with Gasteiger partial charge in [-0.25, -0.2) is 8.42 Å². The van der Waals surface area contributed by atoms with Gasteiger partial charge in [0.05, 0.1) is 24.2 Å². The van der Waals surface area contributed by atoms with Crippen LogP contribution in [-0.2, 0) is 14.8 Å². The van der Waals surface area contributed by atoms with Crippen molar-refractivity contribution in [2.45, 2.75) is 46.6 Å². The summed E-state index contributed by atoms with van der Waals surface area (Å²) in [7, 11) is -1.55. The highest BCUT2D eigenvalue weighted by atomic mass is 32.2. The Morgan fingerprint density at radius 1 is 1.24 bits per heavy atom.